The lowest BCUT2D eigenvalue weighted by atomic mass is 9.91. The molecule has 0 spiro atoms. The van der Waals surface area contributed by atoms with Crippen molar-refractivity contribution in [1.82, 2.24) is 4.90 Å². The van der Waals surface area contributed by atoms with E-state index in [1.165, 1.54) is 0 Å². The van der Waals surface area contributed by atoms with Crippen LogP contribution in [0.15, 0.2) is 16.8 Å². The fourth-order valence-corrected chi connectivity index (χ4v) is 3.28. The summed E-state index contributed by atoms with van der Waals surface area (Å²) in [5, 5.41) is 13.0. The number of thiophene rings is 1. The average Bonchev–Trinajstić information content (AvgIpc) is 2.91. The van der Waals surface area contributed by atoms with Gasteiger partial charge in [0.25, 0.3) is 0 Å². The molecule has 19 heavy (non-hydrogen) atoms. The number of hydrogen-bond donors (Lipinski definition) is 1. The van der Waals surface area contributed by atoms with E-state index in [1.807, 2.05) is 30.7 Å². The first-order valence-corrected chi connectivity index (χ1v) is 7.50. The Morgan fingerprint density at radius 2 is 2.21 bits per heavy atom. The van der Waals surface area contributed by atoms with Crippen molar-refractivity contribution in [2.24, 2.45) is 5.92 Å². The Labute approximate surface area is 117 Å². The van der Waals surface area contributed by atoms with Gasteiger partial charge in [0, 0.05) is 12.6 Å². The fourth-order valence-electron chi connectivity index (χ4n) is 2.53. The maximum atomic E-state index is 12.5. The molecule has 1 aromatic heterocycles. The molecule has 0 aromatic carbocycles. The van der Waals surface area contributed by atoms with Gasteiger partial charge in [0.1, 0.15) is 0 Å². The number of carboxylic acid groups (broad SMARTS) is 1. The second-order valence-electron chi connectivity index (χ2n) is 5.23. The molecule has 0 aliphatic carbocycles. The van der Waals surface area contributed by atoms with Crippen molar-refractivity contribution in [3.63, 3.8) is 0 Å². The topological polar surface area (TPSA) is 57.6 Å². The van der Waals surface area contributed by atoms with Gasteiger partial charge in [-0.15, -0.1) is 0 Å². The maximum absolute atomic E-state index is 12.5. The molecule has 1 fully saturated rings. The third-order valence-corrected chi connectivity index (χ3v) is 4.63. The second-order valence-corrected chi connectivity index (χ2v) is 6.01. The molecule has 4 nitrogen and oxygen atoms in total. The van der Waals surface area contributed by atoms with Crippen molar-refractivity contribution in [2.75, 3.05) is 6.54 Å². The Morgan fingerprint density at radius 3 is 2.79 bits per heavy atom. The van der Waals surface area contributed by atoms with Crippen LogP contribution in [-0.2, 0) is 9.59 Å². The van der Waals surface area contributed by atoms with Gasteiger partial charge in [-0.05, 0) is 49.1 Å². The van der Waals surface area contributed by atoms with E-state index in [9.17, 15) is 9.59 Å². The molecule has 2 rings (SSSR count). The molecule has 104 valence electrons. The lowest BCUT2D eigenvalue weighted by Crippen LogP contribution is -2.48. The third kappa shape index (κ3) is 2.97. The SMILES string of the molecule is CC(C(=O)N1CC(C(=O)O)CCC1C)c1ccsc1. The number of carbonyl (C=O) groups excluding carboxylic acids is 1. The van der Waals surface area contributed by atoms with Gasteiger partial charge in [-0.2, -0.15) is 11.3 Å². The average molecular weight is 281 g/mol. The molecule has 0 radical (unpaired) electrons. The molecule has 1 aromatic rings. The highest BCUT2D eigenvalue weighted by Crippen LogP contribution is 2.27. The van der Waals surface area contributed by atoms with Crippen molar-refractivity contribution < 1.29 is 14.7 Å². The largest absolute Gasteiger partial charge is 0.481 e. The van der Waals surface area contributed by atoms with E-state index in [-0.39, 0.29) is 17.9 Å². The van der Waals surface area contributed by atoms with Gasteiger partial charge >= 0.3 is 5.97 Å². The Morgan fingerprint density at radius 1 is 1.47 bits per heavy atom. The zero-order valence-electron chi connectivity index (χ0n) is 11.2. The molecule has 1 amide bonds. The molecule has 2 heterocycles. The van der Waals surface area contributed by atoms with Crippen LogP contribution >= 0.6 is 11.3 Å². The third-order valence-electron chi connectivity index (χ3n) is 3.93. The first-order valence-electron chi connectivity index (χ1n) is 6.56. The molecule has 0 bridgehead atoms. The predicted molar refractivity (Wildman–Crippen MR) is 74.3 cm³/mol. The van der Waals surface area contributed by atoms with Crippen LogP contribution in [-0.4, -0.2) is 34.5 Å². The summed E-state index contributed by atoms with van der Waals surface area (Å²) in [5.41, 5.74) is 1.01. The Balaban J connectivity index is 2.10. The maximum Gasteiger partial charge on any atom is 0.308 e. The highest BCUT2D eigenvalue weighted by Gasteiger charge is 2.34. The minimum atomic E-state index is -0.798. The number of likely N-dealkylation sites (tertiary alicyclic amines) is 1. The van der Waals surface area contributed by atoms with Gasteiger partial charge in [-0.1, -0.05) is 0 Å². The molecule has 1 aliphatic heterocycles. The van der Waals surface area contributed by atoms with Crippen molar-refractivity contribution in [3.8, 4) is 0 Å². The number of nitrogens with zero attached hydrogens (tertiary/aromatic N) is 1. The Hall–Kier alpha value is -1.36. The van der Waals surface area contributed by atoms with Gasteiger partial charge < -0.3 is 10.0 Å². The van der Waals surface area contributed by atoms with Crippen LogP contribution in [0.3, 0.4) is 0 Å². The summed E-state index contributed by atoms with van der Waals surface area (Å²) in [5.74, 6) is -1.37. The van der Waals surface area contributed by atoms with E-state index in [4.69, 9.17) is 5.11 Å². The summed E-state index contributed by atoms with van der Waals surface area (Å²) in [6.07, 6.45) is 1.42. The summed E-state index contributed by atoms with van der Waals surface area (Å²) in [6.45, 7) is 4.22. The normalized spacial score (nSPS) is 25.1. The minimum absolute atomic E-state index is 0.0388. The number of hydrogen-bond acceptors (Lipinski definition) is 3. The number of carbonyl (C=O) groups is 2. The van der Waals surface area contributed by atoms with Gasteiger partial charge in [-0.25, -0.2) is 0 Å². The van der Waals surface area contributed by atoms with Gasteiger partial charge in [0.05, 0.1) is 11.8 Å². The van der Waals surface area contributed by atoms with E-state index in [0.29, 0.717) is 13.0 Å². The van der Waals surface area contributed by atoms with Crippen molar-refractivity contribution >= 4 is 23.2 Å². The molecular weight excluding hydrogens is 262 g/mol. The van der Waals surface area contributed by atoms with Crippen LogP contribution in [0.2, 0.25) is 0 Å². The number of piperidine rings is 1. The summed E-state index contributed by atoms with van der Waals surface area (Å²) >= 11 is 1.57. The zero-order chi connectivity index (χ0) is 14.0. The molecule has 3 atom stereocenters. The molecule has 5 heteroatoms. The van der Waals surface area contributed by atoms with E-state index in [0.717, 1.165) is 12.0 Å². The van der Waals surface area contributed by atoms with Gasteiger partial charge in [-0.3, -0.25) is 9.59 Å². The van der Waals surface area contributed by atoms with Crippen LogP contribution in [0, 0.1) is 5.92 Å². The van der Waals surface area contributed by atoms with E-state index >= 15 is 0 Å². The second kappa shape index (κ2) is 5.74. The van der Waals surface area contributed by atoms with Gasteiger partial charge in [0.2, 0.25) is 5.91 Å². The Kier molecular flexibility index (Phi) is 4.24. The molecule has 0 saturated carbocycles. The first kappa shape index (κ1) is 14.1. The summed E-state index contributed by atoms with van der Waals surface area (Å²) < 4.78 is 0. The standard InChI is InChI=1S/C14H19NO3S/c1-9-3-4-11(14(17)18)7-15(9)13(16)10(2)12-5-6-19-8-12/h5-6,8-11H,3-4,7H2,1-2H3,(H,17,18). The van der Waals surface area contributed by atoms with Crippen molar-refractivity contribution in [3.05, 3.63) is 22.4 Å². The lowest BCUT2D eigenvalue weighted by Gasteiger charge is -2.38. The fraction of sp³-hybridized carbons (Fsp3) is 0.571. The molecule has 3 unspecified atom stereocenters. The van der Waals surface area contributed by atoms with E-state index in [2.05, 4.69) is 0 Å². The Bertz CT molecular complexity index is 457. The van der Waals surface area contributed by atoms with Crippen LogP contribution in [0.5, 0.6) is 0 Å². The smallest absolute Gasteiger partial charge is 0.308 e. The summed E-state index contributed by atoms with van der Waals surface area (Å²) in [6, 6.07) is 2.08. The number of carboxylic acids is 1. The molecule has 1 N–H and O–H groups in total. The molecule has 1 aliphatic rings. The lowest BCUT2D eigenvalue weighted by molar-refractivity contribution is -0.147. The van der Waals surface area contributed by atoms with E-state index in [1.54, 1.807) is 16.2 Å². The highest BCUT2D eigenvalue weighted by molar-refractivity contribution is 7.08. The zero-order valence-corrected chi connectivity index (χ0v) is 12.0. The van der Waals surface area contributed by atoms with E-state index < -0.39 is 11.9 Å². The number of rotatable bonds is 3. The highest BCUT2D eigenvalue weighted by atomic mass is 32.1. The van der Waals surface area contributed by atoms with Crippen LogP contribution < -0.4 is 0 Å². The van der Waals surface area contributed by atoms with Crippen molar-refractivity contribution in [1.29, 1.82) is 0 Å². The van der Waals surface area contributed by atoms with Crippen LogP contribution in [0.1, 0.15) is 38.2 Å². The minimum Gasteiger partial charge on any atom is -0.481 e. The predicted octanol–water partition coefficient (Wildman–Crippen LogP) is 2.56. The number of aliphatic carboxylic acids is 1. The van der Waals surface area contributed by atoms with Crippen molar-refractivity contribution in [2.45, 2.75) is 38.6 Å². The quantitative estimate of drug-likeness (QED) is 0.926. The molecular formula is C14H19NO3S. The van der Waals surface area contributed by atoms with Crippen LogP contribution in [0.25, 0.3) is 0 Å². The number of amides is 1. The summed E-state index contributed by atoms with van der Waals surface area (Å²) in [4.78, 5) is 25.3. The summed E-state index contributed by atoms with van der Waals surface area (Å²) in [7, 11) is 0. The van der Waals surface area contributed by atoms with Gasteiger partial charge in [0.15, 0.2) is 0 Å². The van der Waals surface area contributed by atoms with Crippen LogP contribution in [0.4, 0.5) is 0 Å². The monoisotopic (exact) mass is 281 g/mol. The molecule has 1 saturated heterocycles. The first-order chi connectivity index (χ1) is 9.00.